The Morgan fingerprint density at radius 3 is 1.32 bits per heavy atom. The number of hydrogen-bond acceptors (Lipinski definition) is 10. The summed E-state index contributed by atoms with van der Waals surface area (Å²) in [6, 6.07) is -1.03. The third-order valence-electron chi connectivity index (χ3n) is 15.6. The highest BCUT2D eigenvalue weighted by Crippen LogP contribution is 2.26. The summed E-state index contributed by atoms with van der Waals surface area (Å²) in [5.74, 6) is -1.20. The predicted molar refractivity (Wildman–Crippen MR) is 342 cm³/mol. The van der Waals surface area contributed by atoms with Gasteiger partial charge in [0.25, 0.3) is 0 Å². The Labute approximate surface area is 502 Å². The van der Waals surface area contributed by atoms with Crippen LogP contribution in [0.4, 0.5) is 0 Å². The molecule has 0 aromatic rings. The van der Waals surface area contributed by atoms with E-state index in [4.69, 9.17) is 14.2 Å². The monoisotopic (exact) mass is 1150 g/mol. The van der Waals surface area contributed by atoms with Crippen molar-refractivity contribution in [2.24, 2.45) is 0 Å². The van der Waals surface area contributed by atoms with E-state index >= 15 is 0 Å². The van der Waals surface area contributed by atoms with E-state index in [9.17, 15) is 35.1 Å². The standard InChI is InChI=1S/C71H125NO10/c1-4-7-10-13-16-19-22-25-27-28-29-30-31-32-33-34-35-36-37-39-40-43-46-49-52-55-58-64(75)70(79)72-62(63(74)57-54-51-48-45-42-24-21-18-15-12-9-6-3)61-80-71-69(68(78)67(77)65(60-73)81-71)82-66(76)59-56-53-50-47-44-41-38-26-23-20-17-14-11-8-5-2/h7,10,16,19,25,27,29-30,32-33,35-36,54,57,62-65,67-69,71,73-75,77-78H,4-6,8-9,11-15,17-18,20-24,26,28,31,34,37-53,55-56,58-61H2,1-3H3,(H,72,79)/b10-7-,19-16-,27-25-,30-29-,33-32-,36-35-,57-54+. The molecule has 0 aromatic carbocycles. The lowest BCUT2D eigenvalue weighted by Crippen LogP contribution is -2.61. The maximum Gasteiger partial charge on any atom is 0.306 e. The first-order valence-corrected chi connectivity index (χ1v) is 33.9. The third kappa shape index (κ3) is 45.2. The number of rotatable bonds is 57. The van der Waals surface area contributed by atoms with Crippen molar-refractivity contribution in [3.8, 4) is 0 Å². The van der Waals surface area contributed by atoms with Crippen molar-refractivity contribution in [1.82, 2.24) is 5.32 Å². The molecule has 1 aliphatic heterocycles. The van der Waals surface area contributed by atoms with E-state index in [-0.39, 0.29) is 19.4 Å². The molecule has 1 saturated heterocycles. The molecule has 0 aliphatic carbocycles. The maximum absolute atomic E-state index is 13.5. The van der Waals surface area contributed by atoms with Gasteiger partial charge >= 0.3 is 5.97 Å². The minimum Gasteiger partial charge on any atom is -0.454 e. The molecular weight excluding hydrogens is 1030 g/mol. The molecule has 0 saturated carbocycles. The van der Waals surface area contributed by atoms with Crippen LogP contribution in [-0.4, -0.2) is 99.6 Å². The summed E-state index contributed by atoms with van der Waals surface area (Å²) in [4.78, 5) is 26.6. The smallest absolute Gasteiger partial charge is 0.306 e. The zero-order valence-electron chi connectivity index (χ0n) is 52.6. The summed E-state index contributed by atoms with van der Waals surface area (Å²) in [6.07, 6.45) is 66.2. The van der Waals surface area contributed by atoms with Crippen LogP contribution in [0.1, 0.15) is 290 Å². The maximum atomic E-state index is 13.5. The number of unbranched alkanes of at least 4 members (excludes halogenated alkanes) is 31. The van der Waals surface area contributed by atoms with E-state index in [1.54, 1.807) is 6.08 Å². The van der Waals surface area contributed by atoms with Crippen molar-refractivity contribution in [3.63, 3.8) is 0 Å². The first kappa shape index (κ1) is 76.9. The summed E-state index contributed by atoms with van der Waals surface area (Å²) in [6.45, 7) is 5.69. The molecule has 1 fully saturated rings. The van der Waals surface area contributed by atoms with Crippen LogP contribution in [-0.2, 0) is 23.8 Å². The molecule has 0 spiro atoms. The molecule has 0 aromatic heterocycles. The van der Waals surface area contributed by atoms with E-state index in [0.29, 0.717) is 12.8 Å². The molecule has 0 bridgehead atoms. The summed E-state index contributed by atoms with van der Waals surface area (Å²) in [5, 5.41) is 57.1. The van der Waals surface area contributed by atoms with E-state index in [1.807, 2.05) is 6.08 Å². The van der Waals surface area contributed by atoms with Gasteiger partial charge in [-0.2, -0.15) is 0 Å². The molecular formula is C71H125NO10. The molecule has 82 heavy (non-hydrogen) atoms. The lowest BCUT2D eigenvalue weighted by Gasteiger charge is -2.41. The Morgan fingerprint density at radius 1 is 0.488 bits per heavy atom. The Morgan fingerprint density at radius 2 is 0.878 bits per heavy atom. The summed E-state index contributed by atoms with van der Waals surface area (Å²) in [5.41, 5.74) is 0. The number of esters is 1. The molecule has 1 heterocycles. The molecule has 8 atom stereocenters. The van der Waals surface area contributed by atoms with E-state index in [1.165, 1.54) is 128 Å². The Bertz CT molecular complexity index is 1660. The normalized spacial score (nSPS) is 19.1. The fourth-order valence-corrected chi connectivity index (χ4v) is 10.2. The molecule has 0 radical (unpaired) electrons. The first-order chi connectivity index (χ1) is 40.2. The highest BCUT2D eigenvalue weighted by molar-refractivity contribution is 5.80. The molecule has 1 rings (SSSR count). The summed E-state index contributed by atoms with van der Waals surface area (Å²) < 4.78 is 17.7. The molecule has 474 valence electrons. The van der Waals surface area contributed by atoms with Crippen LogP contribution >= 0.6 is 0 Å². The quantitative estimate of drug-likeness (QED) is 0.0195. The Balaban J connectivity index is 2.61. The zero-order valence-corrected chi connectivity index (χ0v) is 52.6. The number of aliphatic hydroxyl groups is 5. The topological polar surface area (TPSA) is 175 Å². The number of ether oxygens (including phenoxy) is 3. The second kappa shape index (κ2) is 58.2. The minimum atomic E-state index is -1.62. The number of allylic oxidation sites excluding steroid dienone is 13. The van der Waals surface area contributed by atoms with E-state index < -0.39 is 67.4 Å². The number of nitrogens with one attached hydrogen (secondary N) is 1. The Kier molecular flexibility index (Phi) is 54.6. The van der Waals surface area contributed by atoms with E-state index in [2.05, 4.69) is 99.0 Å². The highest BCUT2D eigenvalue weighted by Gasteiger charge is 2.47. The molecule has 11 heteroatoms. The predicted octanol–water partition coefficient (Wildman–Crippen LogP) is 16.9. The van der Waals surface area contributed by atoms with Gasteiger partial charge in [-0.05, 0) is 77.0 Å². The van der Waals surface area contributed by atoms with Crippen molar-refractivity contribution in [1.29, 1.82) is 0 Å². The van der Waals surface area contributed by atoms with Crippen molar-refractivity contribution < 1.29 is 49.3 Å². The number of amides is 1. The van der Waals surface area contributed by atoms with Crippen LogP contribution in [0.3, 0.4) is 0 Å². The van der Waals surface area contributed by atoms with E-state index in [0.717, 1.165) is 116 Å². The zero-order chi connectivity index (χ0) is 59.6. The van der Waals surface area contributed by atoms with Crippen molar-refractivity contribution >= 4 is 11.9 Å². The SMILES string of the molecule is CC/C=C\C/C=C\C/C=C\C/C=C\C/C=C\C/C=C\CCCCCCCCCC(O)C(=O)NC(COC1OC(CO)C(O)C(O)C1OC(=O)CCCCCCCCCCCCCCCCC)C(O)/C=C/CCCCCCCCCCCC. The van der Waals surface area contributed by atoms with Gasteiger partial charge < -0.3 is 45.1 Å². The van der Waals surface area contributed by atoms with Crippen LogP contribution in [0.2, 0.25) is 0 Å². The molecule has 6 N–H and O–H groups in total. The number of aliphatic hydroxyl groups excluding tert-OH is 5. The molecule has 8 unspecified atom stereocenters. The van der Waals surface area contributed by atoms with Crippen LogP contribution in [0.25, 0.3) is 0 Å². The average Bonchev–Trinajstić information content (AvgIpc) is 3.68. The highest BCUT2D eigenvalue weighted by atomic mass is 16.7. The molecule has 1 aliphatic rings. The van der Waals surface area contributed by atoms with Crippen LogP contribution in [0, 0.1) is 0 Å². The van der Waals surface area contributed by atoms with Gasteiger partial charge in [-0.15, -0.1) is 0 Å². The van der Waals surface area contributed by atoms with Gasteiger partial charge in [-0.1, -0.05) is 292 Å². The second-order valence-electron chi connectivity index (χ2n) is 23.2. The largest absolute Gasteiger partial charge is 0.454 e. The fraction of sp³-hybridized carbons (Fsp3) is 0.775. The third-order valence-corrected chi connectivity index (χ3v) is 15.6. The van der Waals surface area contributed by atoms with Gasteiger partial charge in [0.15, 0.2) is 12.4 Å². The molecule has 1 amide bonds. The summed E-state index contributed by atoms with van der Waals surface area (Å²) in [7, 11) is 0. The second-order valence-corrected chi connectivity index (χ2v) is 23.2. The van der Waals surface area contributed by atoms with Crippen molar-refractivity contribution in [2.45, 2.75) is 339 Å². The fourth-order valence-electron chi connectivity index (χ4n) is 10.2. The average molecular weight is 1150 g/mol. The van der Waals surface area contributed by atoms with Crippen molar-refractivity contribution in [3.05, 3.63) is 85.1 Å². The molecule has 11 nitrogen and oxygen atoms in total. The summed E-state index contributed by atoms with van der Waals surface area (Å²) >= 11 is 0. The van der Waals surface area contributed by atoms with Gasteiger partial charge in [0.1, 0.15) is 24.4 Å². The number of hydrogen-bond donors (Lipinski definition) is 6. The Hall–Kier alpha value is -3.16. The minimum absolute atomic E-state index is 0.124. The van der Waals surface area contributed by atoms with Crippen molar-refractivity contribution in [2.75, 3.05) is 13.2 Å². The van der Waals surface area contributed by atoms with Crippen LogP contribution in [0.5, 0.6) is 0 Å². The number of carbonyl (C=O) groups excluding carboxylic acids is 2. The van der Waals surface area contributed by atoms with Gasteiger partial charge in [0.2, 0.25) is 5.91 Å². The van der Waals surface area contributed by atoms with Gasteiger partial charge in [-0.3, -0.25) is 9.59 Å². The van der Waals surface area contributed by atoms with Gasteiger partial charge in [0.05, 0.1) is 25.4 Å². The van der Waals surface area contributed by atoms with Gasteiger partial charge in [-0.25, -0.2) is 0 Å². The van der Waals surface area contributed by atoms with Crippen LogP contribution < -0.4 is 5.32 Å². The lowest BCUT2D eigenvalue weighted by molar-refractivity contribution is -0.305. The van der Waals surface area contributed by atoms with Crippen LogP contribution in [0.15, 0.2) is 85.1 Å². The lowest BCUT2D eigenvalue weighted by atomic mass is 9.99. The number of carbonyl (C=O) groups is 2. The van der Waals surface area contributed by atoms with Gasteiger partial charge in [0, 0.05) is 6.42 Å². The first-order valence-electron chi connectivity index (χ1n) is 33.9.